The van der Waals surface area contributed by atoms with Crippen LogP contribution in [-0.4, -0.2) is 13.0 Å². The molecule has 3 heteroatoms. The van der Waals surface area contributed by atoms with Crippen LogP contribution in [0.3, 0.4) is 0 Å². The Morgan fingerprint density at radius 2 is 1.75 bits per heavy atom. The SMILES string of the molecule is CN(C(=O)CCc1ccccc1)c1ccccc1C#N. The molecule has 3 nitrogen and oxygen atoms in total. The second-order valence-electron chi connectivity index (χ2n) is 4.57. The Morgan fingerprint density at radius 3 is 2.45 bits per heavy atom. The van der Waals surface area contributed by atoms with Crippen LogP contribution in [0.4, 0.5) is 5.69 Å². The minimum Gasteiger partial charge on any atom is -0.314 e. The first-order valence-electron chi connectivity index (χ1n) is 6.52. The third-order valence-electron chi connectivity index (χ3n) is 3.23. The Labute approximate surface area is 119 Å². The van der Waals surface area contributed by atoms with Crippen molar-refractivity contribution < 1.29 is 4.79 Å². The predicted octanol–water partition coefficient (Wildman–Crippen LogP) is 3.15. The van der Waals surface area contributed by atoms with Crippen LogP contribution in [-0.2, 0) is 11.2 Å². The van der Waals surface area contributed by atoms with Crippen LogP contribution in [0.25, 0.3) is 0 Å². The molecule has 0 aliphatic rings. The van der Waals surface area contributed by atoms with E-state index in [9.17, 15) is 4.79 Å². The minimum atomic E-state index is 0.0107. The molecule has 0 unspecified atom stereocenters. The lowest BCUT2D eigenvalue weighted by Gasteiger charge is -2.18. The summed E-state index contributed by atoms with van der Waals surface area (Å²) in [6.45, 7) is 0. The largest absolute Gasteiger partial charge is 0.314 e. The predicted molar refractivity (Wildman–Crippen MR) is 79.3 cm³/mol. The first kappa shape index (κ1) is 13.8. The molecular weight excluding hydrogens is 248 g/mol. The zero-order chi connectivity index (χ0) is 14.4. The molecule has 0 heterocycles. The molecule has 0 N–H and O–H groups in total. The van der Waals surface area contributed by atoms with Gasteiger partial charge in [-0.1, -0.05) is 42.5 Å². The maximum Gasteiger partial charge on any atom is 0.227 e. The zero-order valence-corrected chi connectivity index (χ0v) is 11.4. The van der Waals surface area contributed by atoms with E-state index in [0.717, 1.165) is 5.56 Å². The number of benzene rings is 2. The summed E-state index contributed by atoms with van der Waals surface area (Å²) in [5.74, 6) is 0.0107. The summed E-state index contributed by atoms with van der Waals surface area (Å²) in [6, 6.07) is 19.2. The van der Waals surface area contributed by atoms with Gasteiger partial charge in [0, 0.05) is 13.5 Å². The van der Waals surface area contributed by atoms with Gasteiger partial charge < -0.3 is 4.90 Å². The third-order valence-corrected chi connectivity index (χ3v) is 3.23. The van der Waals surface area contributed by atoms with Gasteiger partial charge in [-0.15, -0.1) is 0 Å². The van der Waals surface area contributed by atoms with Crippen molar-refractivity contribution >= 4 is 11.6 Å². The highest BCUT2D eigenvalue weighted by atomic mass is 16.2. The number of amides is 1. The normalized spacial score (nSPS) is 9.80. The van der Waals surface area contributed by atoms with E-state index in [1.807, 2.05) is 36.4 Å². The number of nitriles is 1. The lowest BCUT2D eigenvalue weighted by molar-refractivity contribution is -0.118. The Balaban J connectivity index is 2.04. The average Bonchev–Trinajstić information content (AvgIpc) is 2.52. The summed E-state index contributed by atoms with van der Waals surface area (Å²) < 4.78 is 0. The van der Waals surface area contributed by atoms with E-state index in [0.29, 0.717) is 24.1 Å². The molecule has 0 aromatic heterocycles. The second kappa shape index (κ2) is 6.53. The maximum atomic E-state index is 12.2. The van der Waals surface area contributed by atoms with E-state index in [-0.39, 0.29) is 5.91 Å². The van der Waals surface area contributed by atoms with Crippen molar-refractivity contribution in [3.8, 4) is 6.07 Å². The summed E-state index contributed by atoms with van der Waals surface area (Å²) >= 11 is 0. The van der Waals surface area contributed by atoms with Crippen LogP contribution in [0.15, 0.2) is 54.6 Å². The molecule has 0 saturated carbocycles. The van der Waals surface area contributed by atoms with E-state index < -0.39 is 0 Å². The zero-order valence-electron chi connectivity index (χ0n) is 11.4. The maximum absolute atomic E-state index is 12.2. The van der Waals surface area contributed by atoms with Crippen LogP contribution in [0.1, 0.15) is 17.5 Å². The fourth-order valence-electron chi connectivity index (χ4n) is 2.06. The van der Waals surface area contributed by atoms with E-state index in [1.54, 1.807) is 30.1 Å². The number of hydrogen-bond acceptors (Lipinski definition) is 2. The topological polar surface area (TPSA) is 44.1 Å². The van der Waals surface area contributed by atoms with Crippen LogP contribution in [0.2, 0.25) is 0 Å². The fraction of sp³-hybridized carbons (Fsp3) is 0.176. The van der Waals surface area contributed by atoms with Gasteiger partial charge in [0.05, 0.1) is 11.3 Å². The van der Waals surface area contributed by atoms with Crippen LogP contribution in [0.5, 0.6) is 0 Å². The molecule has 0 radical (unpaired) electrons. The number of hydrogen-bond donors (Lipinski definition) is 0. The quantitative estimate of drug-likeness (QED) is 0.851. The van der Waals surface area contributed by atoms with Gasteiger partial charge in [0.2, 0.25) is 5.91 Å². The van der Waals surface area contributed by atoms with Crippen molar-refractivity contribution in [1.82, 2.24) is 0 Å². The van der Waals surface area contributed by atoms with E-state index in [2.05, 4.69) is 6.07 Å². The molecule has 0 spiro atoms. The van der Waals surface area contributed by atoms with Crippen molar-refractivity contribution in [3.63, 3.8) is 0 Å². The molecule has 0 bridgehead atoms. The average molecular weight is 264 g/mol. The summed E-state index contributed by atoms with van der Waals surface area (Å²) in [4.78, 5) is 13.8. The lowest BCUT2D eigenvalue weighted by atomic mass is 10.1. The molecule has 2 aromatic rings. The van der Waals surface area contributed by atoms with Crippen molar-refractivity contribution in [3.05, 3.63) is 65.7 Å². The second-order valence-corrected chi connectivity index (χ2v) is 4.57. The number of nitrogens with zero attached hydrogens (tertiary/aromatic N) is 2. The lowest BCUT2D eigenvalue weighted by Crippen LogP contribution is -2.27. The summed E-state index contributed by atoms with van der Waals surface area (Å²) in [5.41, 5.74) is 2.32. The molecule has 0 fully saturated rings. The Morgan fingerprint density at radius 1 is 1.10 bits per heavy atom. The van der Waals surface area contributed by atoms with Gasteiger partial charge in [-0.2, -0.15) is 5.26 Å². The molecule has 0 aliphatic carbocycles. The van der Waals surface area contributed by atoms with Gasteiger partial charge in [-0.05, 0) is 24.1 Å². The minimum absolute atomic E-state index is 0.0107. The number of rotatable bonds is 4. The van der Waals surface area contributed by atoms with Gasteiger partial charge >= 0.3 is 0 Å². The van der Waals surface area contributed by atoms with Gasteiger partial charge in [-0.3, -0.25) is 4.79 Å². The van der Waals surface area contributed by atoms with Crippen LogP contribution < -0.4 is 4.90 Å². The van der Waals surface area contributed by atoms with Gasteiger partial charge in [0.1, 0.15) is 6.07 Å². The molecule has 0 saturated heterocycles. The van der Waals surface area contributed by atoms with Crippen molar-refractivity contribution in [2.24, 2.45) is 0 Å². The first-order chi connectivity index (χ1) is 9.72. The van der Waals surface area contributed by atoms with E-state index >= 15 is 0 Å². The van der Waals surface area contributed by atoms with Crippen molar-refractivity contribution in [2.75, 3.05) is 11.9 Å². The molecule has 20 heavy (non-hydrogen) atoms. The molecule has 2 rings (SSSR count). The summed E-state index contributed by atoms with van der Waals surface area (Å²) in [6.07, 6.45) is 1.14. The Kier molecular flexibility index (Phi) is 4.52. The highest BCUT2D eigenvalue weighted by Crippen LogP contribution is 2.19. The Bertz CT molecular complexity index is 629. The number of carbonyl (C=O) groups excluding carboxylic acids is 1. The van der Waals surface area contributed by atoms with Crippen molar-refractivity contribution in [1.29, 1.82) is 5.26 Å². The molecule has 0 atom stereocenters. The number of aryl methyl sites for hydroxylation is 1. The van der Waals surface area contributed by atoms with Crippen LogP contribution in [0, 0.1) is 11.3 Å². The van der Waals surface area contributed by atoms with Gasteiger partial charge in [-0.25, -0.2) is 0 Å². The van der Waals surface area contributed by atoms with Crippen LogP contribution >= 0.6 is 0 Å². The molecule has 100 valence electrons. The highest BCUT2D eigenvalue weighted by Gasteiger charge is 2.13. The van der Waals surface area contributed by atoms with E-state index in [1.165, 1.54) is 0 Å². The van der Waals surface area contributed by atoms with Gasteiger partial charge in [0.15, 0.2) is 0 Å². The monoisotopic (exact) mass is 264 g/mol. The van der Waals surface area contributed by atoms with Gasteiger partial charge in [0.25, 0.3) is 0 Å². The molecule has 2 aromatic carbocycles. The first-order valence-corrected chi connectivity index (χ1v) is 6.52. The third kappa shape index (κ3) is 3.24. The van der Waals surface area contributed by atoms with Crippen molar-refractivity contribution in [2.45, 2.75) is 12.8 Å². The Hall–Kier alpha value is -2.60. The number of carbonyl (C=O) groups is 1. The molecular formula is C17H16N2O. The molecule has 0 aliphatic heterocycles. The molecule has 1 amide bonds. The standard InChI is InChI=1S/C17H16N2O/c1-19(16-10-6-5-9-15(16)13-18)17(20)12-11-14-7-3-2-4-8-14/h2-10H,11-12H2,1H3. The van der Waals surface area contributed by atoms with E-state index in [4.69, 9.17) is 5.26 Å². The highest BCUT2D eigenvalue weighted by molar-refractivity contribution is 5.94. The smallest absolute Gasteiger partial charge is 0.227 e. The fourth-order valence-corrected chi connectivity index (χ4v) is 2.06. The summed E-state index contributed by atoms with van der Waals surface area (Å²) in [5, 5.41) is 9.07. The number of para-hydroxylation sites is 1. The number of anilines is 1. The summed E-state index contributed by atoms with van der Waals surface area (Å²) in [7, 11) is 1.71.